The van der Waals surface area contributed by atoms with Gasteiger partial charge < -0.3 is 15.1 Å². The van der Waals surface area contributed by atoms with Crippen molar-refractivity contribution in [2.45, 2.75) is 32.1 Å². The quantitative estimate of drug-likeness (QED) is 0.739. The van der Waals surface area contributed by atoms with E-state index in [9.17, 15) is 9.59 Å². The van der Waals surface area contributed by atoms with Crippen LogP contribution in [-0.2, 0) is 16.0 Å². The molecule has 2 atom stereocenters. The Morgan fingerprint density at radius 2 is 1.81 bits per heavy atom. The van der Waals surface area contributed by atoms with E-state index in [0.29, 0.717) is 18.4 Å². The fourth-order valence-corrected chi connectivity index (χ4v) is 5.97. The predicted octanol–water partition coefficient (Wildman–Crippen LogP) is 2.34. The molecule has 1 aliphatic carbocycles. The summed E-state index contributed by atoms with van der Waals surface area (Å²) in [6.45, 7) is 6.16. The summed E-state index contributed by atoms with van der Waals surface area (Å²) in [6, 6.07) is 8.21. The molecule has 3 heterocycles. The minimum atomic E-state index is -0.157. The number of carbonyl (C=O) groups excluding carboxylic acids is 2. The van der Waals surface area contributed by atoms with Gasteiger partial charge in [-0.2, -0.15) is 0 Å². The highest BCUT2D eigenvalue weighted by atomic mass is 35.5. The number of fused-ring (bicyclic) bond motifs is 2. The van der Waals surface area contributed by atoms with E-state index in [0.717, 1.165) is 64.3 Å². The second-order valence-corrected chi connectivity index (χ2v) is 9.22. The third-order valence-corrected chi connectivity index (χ3v) is 7.67. The summed E-state index contributed by atoms with van der Waals surface area (Å²) in [6.07, 6.45) is 5.61. The first-order chi connectivity index (χ1) is 14.2. The van der Waals surface area contributed by atoms with Crippen LogP contribution in [0.5, 0.6) is 0 Å². The van der Waals surface area contributed by atoms with Crippen molar-refractivity contribution in [3.63, 3.8) is 0 Å². The van der Waals surface area contributed by atoms with Gasteiger partial charge in [-0.15, -0.1) is 24.8 Å². The molecule has 0 spiro atoms. The molecule has 0 unspecified atom stereocenters. The smallest absolute Gasteiger partial charge is 0.241 e. The number of nitrogens with one attached hydrogen (secondary N) is 1. The van der Waals surface area contributed by atoms with Gasteiger partial charge in [-0.05, 0) is 43.4 Å². The van der Waals surface area contributed by atoms with Crippen molar-refractivity contribution in [2.24, 2.45) is 11.3 Å². The average molecular weight is 469 g/mol. The number of halogens is 2. The van der Waals surface area contributed by atoms with Crippen LogP contribution in [0.3, 0.4) is 0 Å². The van der Waals surface area contributed by atoms with Crippen LogP contribution in [0.2, 0.25) is 0 Å². The third-order valence-electron chi connectivity index (χ3n) is 7.67. The Bertz CT molecular complexity index is 800. The fraction of sp³-hybridized carbons (Fsp3) is 0.652. The highest BCUT2D eigenvalue weighted by molar-refractivity contribution is 5.96. The molecule has 1 aromatic rings. The van der Waals surface area contributed by atoms with Crippen LogP contribution >= 0.6 is 24.8 Å². The lowest BCUT2D eigenvalue weighted by molar-refractivity contribution is -0.147. The van der Waals surface area contributed by atoms with Crippen LogP contribution in [0.1, 0.15) is 31.2 Å². The van der Waals surface area contributed by atoms with Gasteiger partial charge in [0.05, 0.1) is 12.0 Å². The molecule has 2 saturated heterocycles. The molecule has 1 saturated carbocycles. The van der Waals surface area contributed by atoms with Gasteiger partial charge in [0.2, 0.25) is 11.8 Å². The number of rotatable bonds is 3. The first-order valence-corrected chi connectivity index (χ1v) is 11.3. The number of para-hydroxylation sites is 1. The van der Waals surface area contributed by atoms with Crippen molar-refractivity contribution < 1.29 is 9.59 Å². The molecular formula is C23H34Cl2N4O2. The Morgan fingerprint density at radius 3 is 2.61 bits per heavy atom. The Morgan fingerprint density at radius 1 is 1.03 bits per heavy atom. The van der Waals surface area contributed by atoms with Gasteiger partial charge in [0.1, 0.15) is 0 Å². The third kappa shape index (κ3) is 4.45. The average Bonchev–Trinajstić information content (AvgIpc) is 3.39. The van der Waals surface area contributed by atoms with Gasteiger partial charge in [0.15, 0.2) is 0 Å². The highest BCUT2D eigenvalue weighted by Crippen LogP contribution is 2.45. The summed E-state index contributed by atoms with van der Waals surface area (Å²) in [5.74, 6) is 1.06. The topological polar surface area (TPSA) is 55.9 Å². The summed E-state index contributed by atoms with van der Waals surface area (Å²) < 4.78 is 0. The first kappa shape index (κ1) is 24.3. The molecule has 1 N–H and O–H groups in total. The molecule has 0 aromatic heterocycles. The molecule has 4 aliphatic rings. The highest BCUT2D eigenvalue weighted by Gasteiger charge is 2.51. The number of benzene rings is 1. The zero-order valence-electron chi connectivity index (χ0n) is 18.1. The van der Waals surface area contributed by atoms with Crippen LogP contribution in [0.15, 0.2) is 24.3 Å². The maximum absolute atomic E-state index is 13.4. The Kier molecular flexibility index (Phi) is 7.90. The molecule has 3 fully saturated rings. The number of piperazine rings is 1. The van der Waals surface area contributed by atoms with E-state index in [4.69, 9.17) is 0 Å². The van der Waals surface area contributed by atoms with Gasteiger partial charge in [0, 0.05) is 45.0 Å². The molecule has 6 nitrogen and oxygen atoms in total. The summed E-state index contributed by atoms with van der Waals surface area (Å²) in [5, 5.41) is 3.49. The van der Waals surface area contributed by atoms with Crippen LogP contribution in [-0.4, -0.2) is 74.0 Å². The van der Waals surface area contributed by atoms with Crippen molar-refractivity contribution in [2.75, 3.05) is 57.3 Å². The van der Waals surface area contributed by atoms with Crippen LogP contribution in [0, 0.1) is 11.3 Å². The molecule has 0 radical (unpaired) electrons. The van der Waals surface area contributed by atoms with Gasteiger partial charge in [0.25, 0.3) is 0 Å². The van der Waals surface area contributed by atoms with Crippen molar-refractivity contribution in [1.29, 1.82) is 0 Å². The second-order valence-electron chi connectivity index (χ2n) is 9.22. The Hall–Kier alpha value is -1.34. The SMILES string of the molecule is Cl.Cl.O=C(CN1CCN(C(=O)[C@@]23CCCC[C@H]2CNC3)CC1)N1CCc2ccccc21. The fourth-order valence-electron chi connectivity index (χ4n) is 5.97. The lowest BCUT2D eigenvalue weighted by atomic mass is 9.67. The van der Waals surface area contributed by atoms with E-state index < -0.39 is 0 Å². The number of nitrogens with zero attached hydrogens (tertiary/aromatic N) is 3. The minimum Gasteiger partial charge on any atom is -0.340 e. The van der Waals surface area contributed by atoms with Gasteiger partial charge in [-0.3, -0.25) is 14.5 Å². The molecule has 0 bridgehead atoms. The molecule has 31 heavy (non-hydrogen) atoms. The van der Waals surface area contributed by atoms with E-state index >= 15 is 0 Å². The summed E-state index contributed by atoms with van der Waals surface area (Å²) in [5.41, 5.74) is 2.18. The summed E-state index contributed by atoms with van der Waals surface area (Å²) in [7, 11) is 0. The van der Waals surface area contributed by atoms with Crippen molar-refractivity contribution in [3.05, 3.63) is 29.8 Å². The minimum absolute atomic E-state index is 0. The maximum atomic E-state index is 13.4. The number of carbonyl (C=O) groups is 2. The van der Waals surface area contributed by atoms with Crippen molar-refractivity contribution in [3.8, 4) is 0 Å². The predicted molar refractivity (Wildman–Crippen MR) is 127 cm³/mol. The summed E-state index contributed by atoms with van der Waals surface area (Å²) >= 11 is 0. The van der Waals surface area contributed by atoms with Crippen molar-refractivity contribution in [1.82, 2.24) is 15.1 Å². The zero-order valence-corrected chi connectivity index (χ0v) is 19.7. The van der Waals surface area contributed by atoms with Crippen molar-refractivity contribution >= 4 is 42.3 Å². The lowest BCUT2D eigenvalue weighted by Gasteiger charge is -2.43. The molecule has 3 aliphatic heterocycles. The largest absolute Gasteiger partial charge is 0.340 e. The second kappa shape index (κ2) is 10.1. The normalized spacial score (nSPS) is 27.7. The van der Waals surface area contributed by atoms with E-state index in [1.54, 1.807) is 0 Å². The summed E-state index contributed by atoms with van der Waals surface area (Å²) in [4.78, 5) is 32.5. The monoisotopic (exact) mass is 468 g/mol. The standard InChI is InChI=1S/C23H32N4O2.2ClH/c28-21(27-10-8-18-5-1-2-7-20(18)27)16-25-11-13-26(14-12-25)22(29)23-9-4-3-6-19(23)15-24-17-23;;/h1-2,5,7,19,24H,3-4,6,8-17H2;2*1H/t19-,23+;;/m0../s1. The molecule has 5 rings (SSSR count). The molecule has 2 amide bonds. The Labute approximate surface area is 197 Å². The van der Waals surface area contributed by atoms with E-state index in [1.807, 2.05) is 23.1 Å². The number of hydrogen-bond acceptors (Lipinski definition) is 4. The molecule has 1 aromatic carbocycles. The van der Waals surface area contributed by atoms with Crippen LogP contribution in [0.25, 0.3) is 0 Å². The number of hydrogen-bond donors (Lipinski definition) is 1. The van der Waals surface area contributed by atoms with E-state index in [1.165, 1.54) is 24.8 Å². The zero-order chi connectivity index (χ0) is 19.8. The van der Waals surface area contributed by atoms with Gasteiger partial charge in [-0.1, -0.05) is 31.0 Å². The maximum Gasteiger partial charge on any atom is 0.241 e. The molecular weight excluding hydrogens is 435 g/mol. The number of anilines is 1. The Balaban J connectivity index is 0.00000136. The molecule has 172 valence electrons. The van der Waals surface area contributed by atoms with E-state index in [-0.39, 0.29) is 36.1 Å². The van der Waals surface area contributed by atoms with Gasteiger partial charge >= 0.3 is 0 Å². The number of amides is 2. The lowest BCUT2D eigenvalue weighted by Crippen LogP contribution is -2.56. The van der Waals surface area contributed by atoms with Gasteiger partial charge in [-0.25, -0.2) is 0 Å². The van der Waals surface area contributed by atoms with E-state index in [2.05, 4.69) is 21.2 Å². The molecule has 8 heteroatoms. The van der Waals surface area contributed by atoms with Crippen LogP contribution < -0.4 is 10.2 Å². The first-order valence-electron chi connectivity index (χ1n) is 11.3. The van der Waals surface area contributed by atoms with Crippen LogP contribution in [0.4, 0.5) is 5.69 Å².